The van der Waals surface area contributed by atoms with Gasteiger partial charge in [-0.2, -0.15) is 9.97 Å². The number of hydrogen-bond donors (Lipinski definition) is 1. The maximum absolute atomic E-state index is 11.3. The summed E-state index contributed by atoms with van der Waals surface area (Å²) in [4.78, 5) is 8.18. The van der Waals surface area contributed by atoms with Crippen molar-refractivity contribution in [3.05, 3.63) is 6.07 Å². The van der Waals surface area contributed by atoms with E-state index in [4.69, 9.17) is 9.47 Å². The Balaban J connectivity index is 2.14. The number of rotatable bonds is 4. The fourth-order valence-electron chi connectivity index (χ4n) is 1.77. The van der Waals surface area contributed by atoms with Crippen molar-refractivity contribution in [2.45, 2.75) is 12.5 Å². The molecule has 1 aliphatic heterocycles. The van der Waals surface area contributed by atoms with Crippen molar-refractivity contribution >= 4 is 15.8 Å². The summed E-state index contributed by atoms with van der Waals surface area (Å²) in [6.45, 7) is 0. The highest BCUT2D eigenvalue weighted by Crippen LogP contribution is 2.20. The van der Waals surface area contributed by atoms with Gasteiger partial charge in [-0.3, -0.25) is 0 Å². The molecule has 1 aliphatic rings. The van der Waals surface area contributed by atoms with E-state index in [0.717, 1.165) is 0 Å². The van der Waals surface area contributed by atoms with Gasteiger partial charge in [-0.15, -0.1) is 0 Å². The lowest BCUT2D eigenvalue weighted by molar-refractivity contribution is 0.372. The van der Waals surface area contributed by atoms with Crippen LogP contribution in [0.25, 0.3) is 0 Å². The summed E-state index contributed by atoms with van der Waals surface area (Å²) in [6, 6.07) is 1.39. The van der Waals surface area contributed by atoms with Gasteiger partial charge in [0, 0.05) is 6.04 Å². The Bertz CT molecular complexity index is 510. The van der Waals surface area contributed by atoms with Gasteiger partial charge in [0.15, 0.2) is 9.84 Å². The van der Waals surface area contributed by atoms with E-state index in [9.17, 15) is 8.42 Å². The maximum atomic E-state index is 11.3. The van der Waals surface area contributed by atoms with Gasteiger partial charge in [0.25, 0.3) is 0 Å². The Morgan fingerprint density at radius 1 is 1.28 bits per heavy atom. The average molecular weight is 273 g/mol. The number of anilines is 1. The molecule has 0 saturated carbocycles. The molecule has 1 fully saturated rings. The number of nitrogens with zero attached hydrogens (tertiary/aromatic N) is 2. The topological polar surface area (TPSA) is 90.4 Å². The summed E-state index contributed by atoms with van der Waals surface area (Å²) < 4.78 is 32.7. The standard InChI is InChI=1S/C10H15N3O4S/c1-16-8-5-9(17-2)13-10(12-8)11-7-3-4-18(14,15)6-7/h5,7H,3-4,6H2,1-2H3,(H,11,12,13). The first-order valence-corrected chi connectivity index (χ1v) is 7.28. The van der Waals surface area contributed by atoms with Crippen molar-refractivity contribution in [1.29, 1.82) is 0 Å². The SMILES string of the molecule is COc1cc(OC)nc(NC2CCS(=O)(=O)C2)n1. The van der Waals surface area contributed by atoms with Crippen molar-refractivity contribution < 1.29 is 17.9 Å². The molecule has 1 aromatic rings. The van der Waals surface area contributed by atoms with Crippen molar-refractivity contribution in [2.75, 3.05) is 31.0 Å². The molecule has 1 N–H and O–H groups in total. The van der Waals surface area contributed by atoms with Gasteiger partial charge in [0.2, 0.25) is 17.7 Å². The van der Waals surface area contributed by atoms with Gasteiger partial charge in [0.1, 0.15) is 0 Å². The summed E-state index contributed by atoms with van der Waals surface area (Å²) in [6.07, 6.45) is 0.561. The third kappa shape index (κ3) is 3.00. The zero-order chi connectivity index (χ0) is 13.2. The van der Waals surface area contributed by atoms with Crippen LogP contribution in [0.2, 0.25) is 0 Å². The maximum Gasteiger partial charge on any atom is 0.229 e. The Morgan fingerprint density at radius 2 is 1.89 bits per heavy atom. The third-order valence-corrected chi connectivity index (χ3v) is 4.43. The highest BCUT2D eigenvalue weighted by Gasteiger charge is 2.28. The fourth-order valence-corrected chi connectivity index (χ4v) is 3.44. The summed E-state index contributed by atoms with van der Waals surface area (Å²) in [5, 5.41) is 2.98. The monoisotopic (exact) mass is 273 g/mol. The van der Waals surface area contributed by atoms with E-state index in [0.29, 0.717) is 24.1 Å². The van der Waals surface area contributed by atoms with Crippen molar-refractivity contribution in [1.82, 2.24) is 9.97 Å². The summed E-state index contributed by atoms with van der Waals surface area (Å²) in [5.74, 6) is 1.35. The molecule has 0 bridgehead atoms. The molecule has 0 aliphatic carbocycles. The number of methoxy groups -OCH3 is 2. The molecule has 1 aromatic heterocycles. The van der Waals surface area contributed by atoms with Gasteiger partial charge >= 0.3 is 0 Å². The fraction of sp³-hybridized carbons (Fsp3) is 0.600. The molecule has 0 amide bonds. The van der Waals surface area contributed by atoms with E-state index in [1.807, 2.05) is 0 Å². The van der Waals surface area contributed by atoms with Crippen LogP contribution in [0.3, 0.4) is 0 Å². The molecule has 2 heterocycles. The van der Waals surface area contributed by atoms with E-state index >= 15 is 0 Å². The lowest BCUT2D eigenvalue weighted by Crippen LogP contribution is -2.22. The first-order valence-electron chi connectivity index (χ1n) is 5.46. The highest BCUT2D eigenvalue weighted by molar-refractivity contribution is 7.91. The first-order chi connectivity index (χ1) is 8.52. The van der Waals surface area contributed by atoms with Crippen LogP contribution in [0, 0.1) is 0 Å². The predicted octanol–water partition coefficient (Wildman–Crippen LogP) is 0.0928. The van der Waals surface area contributed by atoms with E-state index in [1.54, 1.807) is 6.07 Å². The molecular formula is C10H15N3O4S. The Morgan fingerprint density at radius 3 is 2.33 bits per heavy atom. The summed E-state index contributed by atoms with van der Waals surface area (Å²) >= 11 is 0. The number of hydrogen-bond acceptors (Lipinski definition) is 7. The zero-order valence-corrected chi connectivity index (χ0v) is 11.0. The summed E-state index contributed by atoms with van der Waals surface area (Å²) in [5.41, 5.74) is 0. The van der Waals surface area contributed by atoms with Crippen LogP contribution in [0.15, 0.2) is 6.07 Å². The number of nitrogens with one attached hydrogen (secondary N) is 1. The zero-order valence-electron chi connectivity index (χ0n) is 10.2. The van der Waals surface area contributed by atoms with Gasteiger partial charge in [-0.25, -0.2) is 8.42 Å². The molecule has 7 nitrogen and oxygen atoms in total. The van der Waals surface area contributed by atoms with Crippen LogP contribution < -0.4 is 14.8 Å². The van der Waals surface area contributed by atoms with Crippen molar-refractivity contribution in [2.24, 2.45) is 0 Å². The van der Waals surface area contributed by atoms with Gasteiger partial charge in [-0.05, 0) is 6.42 Å². The smallest absolute Gasteiger partial charge is 0.229 e. The minimum absolute atomic E-state index is 0.107. The highest BCUT2D eigenvalue weighted by atomic mass is 32.2. The van der Waals surface area contributed by atoms with E-state index in [-0.39, 0.29) is 17.5 Å². The van der Waals surface area contributed by atoms with E-state index in [2.05, 4.69) is 15.3 Å². The second kappa shape index (κ2) is 4.97. The van der Waals surface area contributed by atoms with Crippen LogP contribution in [0.1, 0.15) is 6.42 Å². The minimum atomic E-state index is -2.93. The normalized spacial score (nSPS) is 21.6. The number of sulfone groups is 1. The molecule has 100 valence electrons. The first kappa shape index (κ1) is 12.9. The molecule has 0 aromatic carbocycles. The molecule has 1 unspecified atom stereocenters. The lowest BCUT2D eigenvalue weighted by atomic mass is 10.3. The van der Waals surface area contributed by atoms with Crippen LogP contribution in [0.5, 0.6) is 11.8 Å². The lowest BCUT2D eigenvalue weighted by Gasteiger charge is -2.12. The van der Waals surface area contributed by atoms with E-state index in [1.165, 1.54) is 14.2 Å². The molecule has 8 heteroatoms. The molecule has 0 spiro atoms. The van der Waals surface area contributed by atoms with Crippen molar-refractivity contribution in [3.63, 3.8) is 0 Å². The second-order valence-corrected chi connectivity index (χ2v) is 6.25. The average Bonchev–Trinajstić information content (AvgIpc) is 2.68. The molecule has 2 rings (SSSR count). The molecule has 0 radical (unpaired) electrons. The van der Waals surface area contributed by atoms with Gasteiger partial charge < -0.3 is 14.8 Å². The molecule has 18 heavy (non-hydrogen) atoms. The summed E-state index contributed by atoms with van der Waals surface area (Å²) in [7, 11) is 0.0558. The quantitative estimate of drug-likeness (QED) is 0.831. The minimum Gasteiger partial charge on any atom is -0.481 e. The largest absolute Gasteiger partial charge is 0.481 e. The van der Waals surface area contributed by atoms with E-state index < -0.39 is 9.84 Å². The predicted molar refractivity (Wildman–Crippen MR) is 65.8 cm³/mol. The second-order valence-electron chi connectivity index (χ2n) is 4.02. The van der Waals surface area contributed by atoms with Crippen LogP contribution >= 0.6 is 0 Å². The van der Waals surface area contributed by atoms with Gasteiger partial charge in [0.05, 0.1) is 31.8 Å². The molecule has 1 saturated heterocycles. The molecular weight excluding hydrogens is 258 g/mol. The Hall–Kier alpha value is -1.57. The molecule has 1 atom stereocenters. The van der Waals surface area contributed by atoms with Crippen LogP contribution in [0.4, 0.5) is 5.95 Å². The van der Waals surface area contributed by atoms with Crippen molar-refractivity contribution in [3.8, 4) is 11.8 Å². The third-order valence-electron chi connectivity index (χ3n) is 2.66. The number of aromatic nitrogens is 2. The van der Waals surface area contributed by atoms with Gasteiger partial charge in [-0.1, -0.05) is 0 Å². The van der Waals surface area contributed by atoms with Crippen LogP contribution in [-0.4, -0.2) is 50.2 Å². The Labute approximate surface area is 105 Å². The Kier molecular flexibility index (Phi) is 3.55. The van der Waals surface area contributed by atoms with Crippen LogP contribution in [-0.2, 0) is 9.84 Å². The number of ether oxygens (including phenoxy) is 2.